The maximum absolute atomic E-state index is 13.8. The topological polar surface area (TPSA) is 79.0 Å². The van der Waals surface area contributed by atoms with Crippen molar-refractivity contribution in [1.29, 1.82) is 0 Å². The molecule has 2 rings (SSSR count). The van der Waals surface area contributed by atoms with Gasteiger partial charge < -0.3 is 15.0 Å². The van der Waals surface area contributed by atoms with Gasteiger partial charge in [0.1, 0.15) is 0 Å². The van der Waals surface area contributed by atoms with Crippen molar-refractivity contribution < 1.29 is 22.3 Å². The van der Waals surface area contributed by atoms with E-state index in [-0.39, 0.29) is 48.9 Å². The van der Waals surface area contributed by atoms with Gasteiger partial charge in [0.2, 0.25) is 10.0 Å². The zero-order valence-corrected chi connectivity index (χ0v) is 14.8. The minimum Gasteiger partial charge on any atom is -0.494 e. The largest absolute Gasteiger partial charge is 0.494 e. The summed E-state index contributed by atoms with van der Waals surface area (Å²) in [5, 5.41) is 2.77. The molecule has 7 nitrogen and oxygen atoms in total. The van der Waals surface area contributed by atoms with Gasteiger partial charge in [0.15, 0.2) is 11.6 Å². The normalized spacial score (nSPS) is 16.3. The number of amides is 2. The number of piperazine rings is 1. The molecule has 1 aromatic rings. The molecule has 0 spiro atoms. The van der Waals surface area contributed by atoms with Crippen LogP contribution in [0, 0.1) is 5.82 Å². The van der Waals surface area contributed by atoms with Gasteiger partial charge in [-0.15, -0.1) is 0 Å². The van der Waals surface area contributed by atoms with Crippen LogP contribution in [0.2, 0.25) is 0 Å². The predicted octanol–water partition coefficient (Wildman–Crippen LogP) is 1.26. The lowest BCUT2D eigenvalue weighted by Crippen LogP contribution is -2.53. The molecule has 134 valence electrons. The van der Waals surface area contributed by atoms with Crippen LogP contribution in [0.3, 0.4) is 0 Å². The molecule has 9 heteroatoms. The molecule has 1 aromatic carbocycles. The van der Waals surface area contributed by atoms with Gasteiger partial charge in [-0.25, -0.2) is 17.6 Å². The van der Waals surface area contributed by atoms with Crippen molar-refractivity contribution in [3.63, 3.8) is 0 Å². The fourth-order valence-electron chi connectivity index (χ4n) is 2.43. The van der Waals surface area contributed by atoms with Crippen molar-refractivity contribution in [2.24, 2.45) is 0 Å². The Morgan fingerprint density at radius 2 is 1.88 bits per heavy atom. The number of halogens is 1. The zero-order valence-electron chi connectivity index (χ0n) is 14.0. The van der Waals surface area contributed by atoms with E-state index in [4.69, 9.17) is 4.74 Å². The van der Waals surface area contributed by atoms with Crippen molar-refractivity contribution in [3.8, 4) is 5.75 Å². The van der Waals surface area contributed by atoms with E-state index in [0.29, 0.717) is 0 Å². The number of hydrogen-bond donors (Lipinski definition) is 1. The maximum atomic E-state index is 13.8. The van der Waals surface area contributed by atoms with E-state index in [1.165, 1.54) is 23.5 Å². The molecule has 1 aliphatic heterocycles. The van der Waals surface area contributed by atoms with E-state index in [9.17, 15) is 17.6 Å². The van der Waals surface area contributed by atoms with Gasteiger partial charge in [0.05, 0.1) is 12.0 Å². The fourth-order valence-corrected chi connectivity index (χ4v) is 3.86. The highest BCUT2D eigenvalue weighted by Gasteiger charge is 2.30. The number of ether oxygens (including phenoxy) is 1. The van der Waals surface area contributed by atoms with Crippen LogP contribution in [0.25, 0.3) is 0 Å². The first-order valence-corrected chi connectivity index (χ1v) is 9.09. The highest BCUT2D eigenvalue weighted by molar-refractivity contribution is 7.89. The molecular weight excluding hydrogens is 337 g/mol. The van der Waals surface area contributed by atoms with Gasteiger partial charge in [-0.1, -0.05) is 0 Å². The Balaban J connectivity index is 2.07. The van der Waals surface area contributed by atoms with Gasteiger partial charge in [0, 0.05) is 32.2 Å². The zero-order chi connectivity index (χ0) is 17.9. The molecule has 0 radical (unpaired) electrons. The number of carbonyl (C=O) groups excluding carboxylic acids is 1. The Morgan fingerprint density at radius 3 is 2.38 bits per heavy atom. The maximum Gasteiger partial charge on any atom is 0.317 e. The summed E-state index contributed by atoms with van der Waals surface area (Å²) in [6.07, 6.45) is 0. The van der Waals surface area contributed by atoms with Gasteiger partial charge >= 0.3 is 6.03 Å². The summed E-state index contributed by atoms with van der Waals surface area (Å²) in [5.74, 6) is -0.738. The third kappa shape index (κ3) is 3.96. The number of nitrogens with one attached hydrogen (secondary N) is 1. The number of sulfonamides is 1. The molecule has 0 aliphatic carbocycles. The molecule has 1 N–H and O–H groups in total. The molecule has 0 bridgehead atoms. The summed E-state index contributed by atoms with van der Waals surface area (Å²) >= 11 is 0. The molecule has 1 heterocycles. The Morgan fingerprint density at radius 1 is 1.25 bits per heavy atom. The predicted molar refractivity (Wildman–Crippen MR) is 87.0 cm³/mol. The van der Waals surface area contributed by atoms with Crippen LogP contribution in [-0.4, -0.2) is 63.0 Å². The van der Waals surface area contributed by atoms with Crippen molar-refractivity contribution in [2.75, 3.05) is 33.3 Å². The van der Waals surface area contributed by atoms with Crippen LogP contribution in [-0.2, 0) is 10.0 Å². The van der Waals surface area contributed by atoms with E-state index in [0.717, 1.165) is 6.07 Å². The van der Waals surface area contributed by atoms with Crippen molar-refractivity contribution in [2.45, 2.75) is 24.8 Å². The molecule has 0 unspecified atom stereocenters. The number of rotatable bonds is 4. The summed E-state index contributed by atoms with van der Waals surface area (Å²) in [4.78, 5) is 13.4. The van der Waals surface area contributed by atoms with E-state index >= 15 is 0 Å². The highest BCUT2D eigenvalue weighted by atomic mass is 32.2. The van der Waals surface area contributed by atoms with Gasteiger partial charge in [-0.2, -0.15) is 4.31 Å². The first-order valence-electron chi connectivity index (χ1n) is 7.65. The number of hydrogen-bond acceptors (Lipinski definition) is 4. The third-order valence-corrected chi connectivity index (χ3v) is 5.59. The quantitative estimate of drug-likeness (QED) is 0.878. The standard InChI is InChI=1S/C15H22FN3O4S/c1-11(2)17-15(20)18-6-8-19(9-7-18)24(21,22)12-4-5-14(23-3)13(16)10-12/h4-5,10-11H,6-9H2,1-3H3,(H,17,20). The first-order chi connectivity index (χ1) is 11.3. The van der Waals surface area contributed by atoms with Crippen LogP contribution in [0.4, 0.5) is 9.18 Å². The second-order valence-electron chi connectivity index (χ2n) is 5.79. The van der Waals surface area contributed by atoms with Crippen molar-refractivity contribution in [1.82, 2.24) is 14.5 Å². The summed E-state index contributed by atoms with van der Waals surface area (Å²) in [6.45, 7) is 4.63. The summed E-state index contributed by atoms with van der Waals surface area (Å²) < 4.78 is 45.0. The van der Waals surface area contributed by atoms with Gasteiger partial charge in [0.25, 0.3) is 0 Å². The molecule has 0 saturated carbocycles. The van der Waals surface area contributed by atoms with Crippen LogP contribution < -0.4 is 10.1 Å². The molecular formula is C15H22FN3O4S. The molecule has 1 aliphatic rings. The summed E-state index contributed by atoms with van der Waals surface area (Å²) in [7, 11) is -2.49. The Bertz CT molecular complexity index is 701. The second kappa shape index (κ2) is 7.35. The fraction of sp³-hybridized carbons (Fsp3) is 0.533. The highest BCUT2D eigenvalue weighted by Crippen LogP contribution is 2.23. The van der Waals surface area contributed by atoms with Gasteiger partial charge in [-0.05, 0) is 32.0 Å². The molecule has 0 atom stereocenters. The van der Waals surface area contributed by atoms with E-state index in [1.54, 1.807) is 4.90 Å². The van der Waals surface area contributed by atoms with Crippen LogP contribution in [0.5, 0.6) is 5.75 Å². The lowest BCUT2D eigenvalue weighted by atomic mass is 10.3. The number of methoxy groups -OCH3 is 1. The van der Waals surface area contributed by atoms with Crippen LogP contribution >= 0.6 is 0 Å². The SMILES string of the molecule is COc1ccc(S(=O)(=O)N2CCN(C(=O)NC(C)C)CC2)cc1F. The average molecular weight is 359 g/mol. The number of nitrogens with zero attached hydrogens (tertiary/aromatic N) is 2. The van der Waals surface area contributed by atoms with E-state index in [2.05, 4.69) is 5.32 Å². The minimum atomic E-state index is -3.80. The smallest absolute Gasteiger partial charge is 0.317 e. The second-order valence-corrected chi connectivity index (χ2v) is 7.73. The lowest BCUT2D eigenvalue weighted by Gasteiger charge is -2.34. The molecule has 0 aromatic heterocycles. The average Bonchev–Trinajstić information content (AvgIpc) is 2.54. The monoisotopic (exact) mass is 359 g/mol. The van der Waals surface area contributed by atoms with Crippen LogP contribution in [0.1, 0.15) is 13.8 Å². The van der Waals surface area contributed by atoms with Crippen LogP contribution in [0.15, 0.2) is 23.1 Å². The minimum absolute atomic E-state index is 0.0101. The third-order valence-electron chi connectivity index (χ3n) is 3.70. The Kier molecular flexibility index (Phi) is 5.66. The van der Waals surface area contributed by atoms with Crippen molar-refractivity contribution >= 4 is 16.1 Å². The molecule has 24 heavy (non-hydrogen) atoms. The Labute approximate surface area is 141 Å². The van der Waals surface area contributed by atoms with Crippen molar-refractivity contribution in [3.05, 3.63) is 24.0 Å². The first kappa shape index (κ1) is 18.5. The Hall–Kier alpha value is -1.87. The lowest BCUT2D eigenvalue weighted by molar-refractivity contribution is 0.170. The van der Waals surface area contributed by atoms with E-state index in [1.807, 2.05) is 13.8 Å². The number of carbonyl (C=O) groups is 1. The molecule has 1 fully saturated rings. The summed E-state index contributed by atoms with van der Waals surface area (Å²) in [5.41, 5.74) is 0. The number of urea groups is 1. The molecule has 2 amide bonds. The number of benzene rings is 1. The summed E-state index contributed by atoms with van der Waals surface area (Å²) in [6, 6.07) is 3.36. The molecule has 1 saturated heterocycles. The van der Waals surface area contributed by atoms with Gasteiger partial charge in [-0.3, -0.25) is 0 Å². The van der Waals surface area contributed by atoms with E-state index < -0.39 is 15.8 Å².